The molecule has 33 heavy (non-hydrogen) atoms. The molecule has 0 spiro atoms. The zero-order valence-corrected chi connectivity index (χ0v) is 16.8. The van der Waals surface area contributed by atoms with Crippen molar-refractivity contribution in [2.75, 3.05) is 0 Å². The van der Waals surface area contributed by atoms with Gasteiger partial charge in [0.2, 0.25) is 0 Å². The molecular weight excluding hydrogens is 464 g/mol. The van der Waals surface area contributed by atoms with Crippen molar-refractivity contribution in [1.29, 1.82) is 0 Å². The molecule has 0 atom stereocenters. The molecule has 0 bridgehead atoms. The van der Waals surface area contributed by atoms with Crippen LogP contribution in [0.5, 0.6) is 0 Å². The van der Waals surface area contributed by atoms with Crippen LogP contribution in [0.4, 0.5) is 34.1 Å². The fraction of sp³-hybridized carbons (Fsp3) is 0. The first-order valence-electron chi connectivity index (χ1n) is 8.65. The third-order valence-corrected chi connectivity index (χ3v) is 4.55. The second-order valence-electron chi connectivity index (χ2n) is 6.31. The van der Waals surface area contributed by atoms with Crippen LogP contribution in [0, 0.1) is 40.5 Å². The smallest absolute Gasteiger partial charge is 0.258 e. The van der Waals surface area contributed by atoms with E-state index in [1.54, 1.807) is 0 Å². The van der Waals surface area contributed by atoms with Gasteiger partial charge in [-0.25, -0.2) is 0 Å². The van der Waals surface area contributed by atoms with Crippen molar-refractivity contribution in [2.45, 2.75) is 0 Å². The average molecular weight is 473 g/mol. The Morgan fingerprint density at radius 3 is 1.76 bits per heavy atom. The number of hydrogen-bond donors (Lipinski definition) is 0. The summed E-state index contributed by atoms with van der Waals surface area (Å²) >= 11 is 5.72. The molecule has 0 aromatic heterocycles. The lowest BCUT2D eigenvalue weighted by Gasteiger charge is -2.04. The molecule has 0 saturated heterocycles. The van der Waals surface area contributed by atoms with Gasteiger partial charge in [-0.2, -0.15) is 5.11 Å². The van der Waals surface area contributed by atoms with Gasteiger partial charge in [0.15, 0.2) is 5.69 Å². The quantitative estimate of drug-likeness (QED) is 0.224. The van der Waals surface area contributed by atoms with Crippen LogP contribution in [0.2, 0.25) is 5.02 Å². The van der Waals surface area contributed by atoms with Gasteiger partial charge in [-0.3, -0.25) is 40.5 Å². The maximum Gasteiger partial charge on any atom is 0.297 e. The third kappa shape index (κ3) is 5.08. The Hall–Kier alpha value is -4.85. The van der Waals surface area contributed by atoms with Crippen molar-refractivity contribution in [3.8, 4) is 11.1 Å². The van der Waals surface area contributed by atoms with Crippen LogP contribution >= 0.6 is 11.6 Å². The van der Waals surface area contributed by atoms with Gasteiger partial charge in [0.1, 0.15) is 5.02 Å². The number of halogens is 1. The van der Waals surface area contributed by atoms with Crippen LogP contribution in [0.1, 0.15) is 0 Å². The molecule has 0 aliphatic rings. The predicted molar refractivity (Wildman–Crippen MR) is 114 cm³/mol. The van der Waals surface area contributed by atoms with Crippen LogP contribution in [0.25, 0.3) is 11.1 Å². The molecule has 0 saturated carbocycles. The van der Waals surface area contributed by atoms with Gasteiger partial charge >= 0.3 is 0 Å². The average Bonchev–Trinajstić information content (AvgIpc) is 2.77. The second-order valence-corrected chi connectivity index (χ2v) is 6.71. The number of non-ortho nitro benzene ring substituents is 2. The van der Waals surface area contributed by atoms with Gasteiger partial charge in [0, 0.05) is 24.3 Å². The van der Waals surface area contributed by atoms with E-state index in [9.17, 15) is 40.5 Å². The van der Waals surface area contributed by atoms with Crippen molar-refractivity contribution in [3.63, 3.8) is 0 Å². The fourth-order valence-electron chi connectivity index (χ4n) is 2.72. The number of rotatable bonds is 7. The number of benzene rings is 3. The number of hydrogen-bond acceptors (Lipinski definition) is 10. The van der Waals surface area contributed by atoms with E-state index in [1.165, 1.54) is 24.3 Å². The minimum Gasteiger partial charge on any atom is -0.258 e. The zero-order chi connectivity index (χ0) is 24.3. The summed E-state index contributed by atoms with van der Waals surface area (Å²) in [4.78, 5) is 41.5. The van der Waals surface area contributed by atoms with Crippen molar-refractivity contribution in [1.82, 2.24) is 0 Å². The van der Waals surface area contributed by atoms with E-state index in [0.29, 0.717) is 0 Å². The van der Waals surface area contributed by atoms with E-state index < -0.39 is 42.4 Å². The maximum atomic E-state index is 11.5. The summed E-state index contributed by atoms with van der Waals surface area (Å²) in [6, 6.07) is 9.96. The first-order valence-corrected chi connectivity index (χ1v) is 9.03. The standard InChI is InChI=1S/C18H9ClN6O8/c19-15-3-2-12(8-17(15)24(30)31)20-21-16-4-1-10(7-18(16)25(32)33)11-5-13(22(26)27)9-14(6-11)23(28)29/h1-9H. The number of nitro groups is 4. The molecule has 0 fully saturated rings. The zero-order valence-electron chi connectivity index (χ0n) is 16.0. The number of azo groups is 1. The summed E-state index contributed by atoms with van der Waals surface area (Å²) in [6.45, 7) is 0. The Labute approximate surface area is 187 Å². The molecule has 0 N–H and O–H groups in total. The number of nitro benzene ring substituents is 4. The molecule has 3 aromatic carbocycles. The fourth-order valence-corrected chi connectivity index (χ4v) is 2.91. The lowest BCUT2D eigenvalue weighted by atomic mass is 10.0. The topological polar surface area (TPSA) is 197 Å². The highest BCUT2D eigenvalue weighted by atomic mass is 35.5. The third-order valence-electron chi connectivity index (χ3n) is 4.23. The summed E-state index contributed by atoms with van der Waals surface area (Å²) in [7, 11) is 0. The monoisotopic (exact) mass is 472 g/mol. The normalized spacial score (nSPS) is 10.8. The molecule has 14 nitrogen and oxygen atoms in total. The molecule has 0 heterocycles. The summed E-state index contributed by atoms with van der Waals surface area (Å²) in [5.74, 6) is 0. The van der Waals surface area contributed by atoms with Gasteiger partial charge in [0.05, 0.1) is 31.4 Å². The first kappa shape index (κ1) is 22.8. The van der Waals surface area contributed by atoms with Crippen molar-refractivity contribution in [3.05, 3.63) is 100 Å². The van der Waals surface area contributed by atoms with Crippen LogP contribution in [-0.2, 0) is 0 Å². The molecule has 0 radical (unpaired) electrons. The van der Waals surface area contributed by atoms with E-state index >= 15 is 0 Å². The molecule has 0 unspecified atom stereocenters. The Kier molecular flexibility index (Phi) is 6.30. The van der Waals surface area contributed by atoms with Gasteiger partial charge in [-0.15, -0.1) is 5.11 Å². The Balaban J connectivity index is 2.05. The van der Waals surface area contributed by atoms with E-state index in [-0.39, 0.29) is 27.5 Å². The Morgan fingerprint density at radius 1 is 0.606 bits per heavy atom. The molecule has 3 aromatic rings. The van der Waals surface area contributed by atoms with Crippen molar-refractivity contribution < 1.29 is 19.7 Å². The molecule has 166 valence electrons. The van der Waals surface area contributed by atoms with Crippen LogP contribution < -0.4 is 0 Å². The lowest BCUT2D eigenvalue weighted by Crippen LogP contribution is -1.94. The SMILES string of the molecule is O=[N+]([O-])c1cc(-c2ccc(N=Nc3ccc(Cl)c([N+](=O)[O-])c3)c([N+](=O)[O-])c2)cc([N+](=O)[O-])c1. The minimum atomic E-state index is -0.821. The van der Waals surface area contributed by atoms with Crippen molar-refractivity contribution >= 4 is 45.7 Å². The minimum absolute atomic E-state index is 0.0100. The van der Waals surface area contributed by atoms with Gasteiger partial charge in [-0.05, 0) is 29.3 Å². The molecule has 0 aliphatic heterocycles. The number of nitrogens with zero attached hydrogens (tertiary/aromatic N) is 6. The van der Waals surface area contributed by atoms with Crippen LogP contribution in [0.3, 0.4) is 0 Å². The van der Waals surface area contributed by atoms with E-state index in [2.05, 4.69) is 10.2 Å². The van der Waals surface area contributed by atoms with Gasteiger partial charge in [-0.1, -0.05) is 17.7 Å². The largest absolute Gasteiger partial charge is 0.297 e. The van der Waals surface area contributed by atoms with Crippen LogP contribution in [0.15, 0.2) is 64.8 Å². The summed E-state index contributed by atoms with van der Waals surface area (Å²) < 4.78 is 0. The highest BCUT2D eigenvalue weighted by Gasteiger charge is 2.20. The lowest BCUT2D eigenvalue weighted by molar-refractivity contribution is -0.394. The first-order chi connectivity index (χ1) is 15.6. The molecule has 15 heteroatoms. The second kappa shape index (κ2) is 9.11. The predicted octanol–water partition coefficient (Wildman–Crippen LogP) is 6.06. The van der Waals surface area contributed by atoms with E-state index in [1.807, 2.05) is 0 Å². The van der Waals surface area contributed by atoms with Gasteiger partial charge < -0.3 is 0 Å². The van der Waals surface area contributed by atoms with E-state index in [0.717, 1.165) is 30.3 Å². The molecule has 0 amide bonds. The van der Waals surface area contributed by atoms with Gasteiger partial charge in [0.25, 0.3) is 22.7 Å². The molecular formula is C18H9ClN6O8. The van der Waals surface area contributed by atoms with Crippen LogP contribution in [-0.4, -0.2) is 19.7 Å². The summed E-state index contributed by atoms with van der Waals surface area (Å²) in [5, 5.41) is 52.1. The summed E-state index contributed by atoms with van der Waals surface area (Å²) in [6.07, 6.45) is 0. The molecule has 0 aliphatic carbocycles. The van der Waals surface area contributed by atoms with Crippen molar-refractivity contribution in [2.24, 2.45) is 10.2 Å². The molecule has 3 rings (SSSR count). The Morgan fingerprint density at radius 2 is 1.21 bits per heavy atom. The summed E-state index contributed by atoms with van der Waals surface area (Å²) in [5.41, 5.74) is -2.20. The maximum absolute atomic E-state index is 11.5. The highest BCUT2D eigenvalue weighted by Crippen LogP contribution is 2.37. The Bertz CT molecular complexity index is 1330. The van der Waals surface area contributed by atoms with E-state index in [4.69, 9.17) is 11.6 Å². The highest BCUT2D eigenvalue weighted by molar-refractivity contribution is 6.32.